The van der Waals surface area contributed by atoms with E-state index in [9.17, 15) is 5.11 Å². The SMILES string of the molecule is COc1ccc(C2(c3ccccc3)C=Cc3c4c(c5cc6c(cc5c3O2)OCC6)-c2ccccc2C4(C)O)cc1. The van der Waals surface area contributed by atoms with E-state index in [1.54, 1.807) is 7.11 Å². The van der Waals surface area contributed by atoms with Gasteiger partial charge in [0, 0.05) is 34.1 Å². The Kier molecular flexibility index (Phi) is 4.81. The van der Waals surface area contributed by atoms with E-state index in [4.69, 9.17) is 14.2 Å². The molecule has 40 heavy (non-hydrogen) atoms. The zero-order valence-electron chi connectivity index (χ0n) is 22.4. The van der Waals surface area contributed by atoms with Crippen molar-refractivity contribution in [1.82, 2.24) is 0 Å². The Morgan fingerprint density at radius 2 is 1.60 bits per heavy atom. The Bertz CT molecular complexity index is 1850. The average molecular weight is 525 g/mol. The largest absolute Gasteiger partial charge is 0.497 e. The molecule has 4 heteroatoms. The van der Waals surface area contributed by atoms with Crippen molar-refractivity contribution in [3.8, 4) is 28.4 Å². The van der Waals surface area contributed by atoms with Crippen LogP contribution in [0.2, 0.25) is 0 Å². The van der Waals surface area contributed by atoms with Crippen LogP contribution in [0, 0.1) is 0 Å². The Hall–Kier alpha value is -4.54. The maximum absolute atomic E-state index is 12.1. The van der Waals surface area contributed by atoms with E-state index in [0.717, 1.165) is 73.4 Å². The first-order valence-corrected chi connectivity index (χ1v) is 13.7. The lowest BCUT2D eigenvalue weighted by Gasteiger charge is -2.38. The summed E-state index contributed by atoms with van der Waals surface area (Å²) in [4.78, 5) is 0. The molecule has 0 fully saturated rings. The predicted octanol–water partition coefficient (Wildman–Crippen LogP) is 7.37. The zero-order valence-corrected chi connectivity index (χ0v) is 22.4. The number of benzene rings is 5. The standard InChI is InChI=1S/C36H28O4/c1-35(37)30-11-7-6-10-26(30)32-28-20-22-17-19-39-31(22)21-29(28)34-27(33(32)35)16-18-36(40-34,23-8-4-3-5-9-23)24-12-14-25(38-2)15-13-24/h3-16,18,20-21,37H,17,19H2,1-2H3. The number of hydrogen-bond acceptors (Lipinski definition) is 4. The number of hydrogen-bond donors (Lipinski definition) is 1. The van der Waals surface area contributed by atoms with Crippen molar-refractivity contribution in [3.05, 3.63) is 130 Å². The summed E-state index contributed by atoms with van der Waals surface area (Å²) < 4.78 is 18.8. The first kappa shape index (κ1) is 23.4. The van der Waals surface area contributed by atoms with Gasteiger partial charge in [0.1, 0.15) is 22.8 Å². The minimum absolute atomic E-state index is 0.672. The molecule has 3 aliphatic rings. The van der Waals surface area contributed by atoms with Gasteiger partial charge in [0.25, 0.3) is 0 Å². The van der Waals surface area contributed by atoms with Crippen molar-refractivity contribution in [3.63, 3.8) is 0 Å². The van der Waals surface area contributed by atoms with E-state index in [1.165, 1.54) is 5.56 Å². The summed E-state index contributed by atoms with van der Waals surface area (Å²) >= 11 is 0. The molecule has 0 saturated heterocycles. The third kappa shape index (κ3) is 3.05. The van der Waals surface area contributed by atoms with Gasteiger partial charge in [-0.2, -0.15) is 0 Å². The van der Waals surface area contributed by atoms with E-state index < -0.39 is 11.2 Å². The minimum Gasteiger partial charge on any atom is -0.497 e. The maximum Gasteiger partial charge on any atom is 0.178 e. The van der Waals surface area contributed by atoms with Crippen molar-refractivity contribution in [2.75, 3.05) is 13.7 Å². The van der Waals surface area contributed by atoms with Crippen LogP contribution < -0.4 is 14.2 Å². The lowest BCUT2D eigenvalue weighted by Crippen LogP contribution is -2.35. The number of ether oxygens (including phenoxy) is 3. The Balaban J connectivity index is 1.46. The molecule has 0 spiro atoms. The quantitative estimate of drug-likeness (QED) is 0.268. The molecule has 2 atom stereocenters. The van der Waals surface area contributed by atoms with Gasteiger partial charge < -0.3 is 19.3 Å². The Morgan fingerprint density at radius 3 is 2.40 bits per heavy atom. The Morgan fingerprint density at radius 1 is 0.850 bits per heavy atom. The summed E-state index contributed by atoms with van der Waals surface area (Å²) in [6.45, 7) is 2.57. The molecule has 8 rings (SSSR count). The number of fused-ring (bicyclic) bond motifs is 9. The molecular weight excluding hydrogens is 496 g/mol. The highest BCUT2D eigenvalue weighted by Crippen LogP contribution is 2.58. The van der Waals surface area contributed by atoms with Crippen LogP contribution in [-0.2, 0) is 17.6 Å². The highest BCUT2D eigenvalue weighted by atomic mass is 16.5. The van der Waals surface area contributed by atoms with E-state index in [0.29, 0.717) is 6.61 Å². The van der Waals surface area contributed by atoms with Gasteiger partial charge in [0.2, 0.25) is 0 Å². The van der Waals surface area contributed by atoms with Gasteiger partial charge in [0.15, 0.2) is 5.60 Å². The molecule has 2 heterocycles. The molecule has 2 aliphatic heterocycles. The zero-order chi connectivity index (χ0) is 27.1. The lowest BCUT2D eigenvalue weighted by molar-refractivity contribution is 0.105. The molecule has 0 bridgehead atoms. The second-order valence-corrected chi connectivity index (χ2v) is 11.0. The van der Waals surface area contributed by atoms with Crippen molar-refractivity contribution >= 4 is 16.8 Å². The molecule has 0 saturated carbocycles. The molecule has 4 nitrogen and oxygen atoms in total. The molecule has 1 N–H and O–H groups in total. The molecular formula is C36H28O4. The smallest absolute Gasteiger partial charge is 0.178 e. The van der Waals surface area contributed by atoms with Crippen molar-refractivity contribution in [2.45, 2.75) is 24.5 Å². The third-order valence-corrected chi connectivity index (χ3v) is 8.78. The van der Waals surface area contributed by atoms with Gasteiger partial charge in [0.05, 0.1) is 13.7 Å². The topological polar surface area (TPSA) is 47.9 Å². The predicted molar refractivity (Wildman–Crippen MR) is 157 cm³/mol. The molecule has 0 radical (unpaired) electrons. The van der Waals surface area contributed by atoms with E-state index >= 15 is 0 Å². The normalized spacial score (nSPS) is 21.7. The van der Waals surface area contributed by atoms with Gasteiger partial charge >= 0.3 is 0 Å². The molecule has 5 aromatic carbocycles. The van der Waals surface area contributed by atoms with Crippen molar-refractivity contribution < 1.29 is 19.3 Å². The van der Waals surface area contributed by atoms with Crippen LogP contribution in [0.4, 0.5) is 0 Å². The highest BCUT2D eigenvalue weighted by Gasteiger charge is 2.45. The third-order valence-electron chi connectivity index (χ3n) is 8.78. The molecule has 0 amide bonds. The monoisotopic (exact) mass is 524 g/mol. The molecule has 2 unspecified atom stereocenters. The van der Waals surface area contributed by atoms with Gasteiger partial charge in [-0.05, 0) is 64.9 Å². The van der Waals surface area contributed by atoms with Gasteiger partial charge in [-0.3, -0.25) is 0 Å². The van der Waals surface area contributed by atoms with Crippen LogP contribution in [0.1, 0.15) is 40.3 Å². The number of methoxy groups -OCH3 is 1. The highest BCUT2D eigenvalue weighted by molar-refractivity contribution is 6.09. The van der Waals surface area contributed by atoms with E-state index in [2.05, 4.69) is 54.6 Å². The molecule has 5 aromatic rings. The lowest BCUT2D eigenvalue weighted by atomic mass is 9.80. The van der Waals surface area contributed by atoms with Crippen LogP contribution >= 0.6 is 0 Å². The van der Waals surface area contributed by atoms with E-state index in [-0.39, 0.29) is 0 Å². The fourth-order valence-electron chi connectivity index (χ4n) is 6.86. The second-order valence-electron chi connectivity index (χ2n) is 11.0. The maximum atomic E-state index is 12.1. The van der Waals surface area contributed by atoms with Crippen LogP contribution in [0.3, 0.4) is 0 Å². The summed E-state index contributed by atoms with van der Waals surface area (Å²) in [5.41, 5.74) is 6.01. The minimum atomic E-state index is -1.17. The Labute approximate surface area is 233 Å². The molecule has 196 valence electrons. The van der Waals surface area contributed by atoms with Crippen LogP contribution in [-0.4, -0.2) is 18.8 Å². The van der Waals surface area contributed by atoms with Crippen molar-refractivity contribution in [1.29, 1.82) is 0 Å². The first-order chi connectivity index (χ1) is 19.5. The molecule has 1 aliphatic carbocycles. The summed E-state index contributed by atoms with van der Waals surface area (Å²) in [5.74, 6) is 2.44. The van der Waals surface area contributed by atoms with Gasteiger partial charge in [-0.15, -0.1) is 0 Å². The van der Waals surface area contributed by atoms with Gasteiger partial charge in [-0.1, -0.05) is 72.8 Å². The van der Waals surface area contributed by atoms with Crippen molar-refractivity contribution in [2.24, 2.45) is 0 Å². The summed E-state index contributed by atoms with van der Waals surface area (Å²) in [7, 11) is 1.67. The molecule has 0 aromatic heterocycles. The van der Waals surface area contributed by atoms with Crippen LogP contribution in [0.15, 0.2) is 97.1 Å². The average Bonchev–Trinajstić information content (AvgIpc) is 3.56. The van der Waals surface area contributed by atoms with Crippen LogP contribution in [0.25, 0.3) is 28.0 Å². The van der Waals surface area contributed by atoms with E-state index in [1.807, 2.05) is 55.5 Å². The summed E-state index contributed by atoms with van der Waals surface area (Å²) in [6.07, 6.45) is 5.14. The van der Waals surface area contributed by atoms with Gasteiger partial charge in [-0.25, -0.2) is 0 Å². The number of aliphatic hydroxyl groups is 1. The summed E-state index contributed by atoms with van der Waals surface area (Å²) in [5, 5.41) is 14.2. The fraction of sp³-hybridized carbons (Fsp3) is 0.167. The fourth-order valence-corrected chi connectivity index (χ4v) is 6.86. The van der Waals surface area contributed by atoms with Crippen LogP contribution in [0.5, 0.6) is 17.2 Å². The second kappa shape index (κ2) is 8.23. The summed E-state index contributed by atoms with van der Waals surface area (Å²) in [6, 6.07) is 30.9. The number of rotatable bonds is 3. The first-order valence-electron chi connectivity index (χ1n) is 13.7.